The molecule has 1 atom stereocenters. The first-order valence-corrected chi connectivity index (χ1v) is 7.02. The van der Waals surface area contributed by atoms with Gasteiger partial charge in [-0.25, -0.2) is 0 Å². The molecule has 2 rings (SSSR count). The van der Waals surface area contributed by atoms with E-state index in [1.807, 2.05) is 60.7 Å². The van der Waals surface area contributed by atoms with Crippen molar-refractivity contribution in [3.05, 3.63) is 77.9 Å². The highest BCUT2D eigenvalue weighted by molar-refractivity contribution is 5.70. The number of rotatable bonds is 6. The molecule has 0 heterocycles. The van der Waals surface area contributed by atoms with E-state index >= 15 is 0 Å². The van der Waals surface area contributed by atoms with Crippen LogP contribution in [0.25, 0.3) is 5.57 Å². The number of hydrogen-bond donors (Lipinski definition) is 2. The number of benzene rings is 2. The lowest BCUT2D eigenvalue weighted by Gasteiger charge is -2.16. The van der Waals surface area contributed by atoms with Crippen molar-refractivity contribution in [1.29, 1.82) is 0 Å². The third-order valence-electron chi connectivity index (χ3n) is 3.23. The summed E-state index contributed by atoms with van der Waals surface area (Å²) >= 11 is 0. The molecule has 2 aromatic rings. The van der Waals surface area contributed by atoms with Crippen molar-refractivity contribution >= 4 is 5.57 Å². The van der Waals surface area contributed by atoms with E-state index in [1.54, 1.807) is 0 Å². The topological polar surface area (TPSA) is 32.3 Å². The Kier molecular flexibility index (Phi) is 5.54. The molecule has 2 N–H and O–H groups in total. The first-order chi connectivity index (χ1) is 9.83. The van der Waals surface area contributed by atoms with Gasteiger partial charge in [-0.15, -0.1) is 0 Å². The number of hydrogen-bond acceptors (Lipinski definition) is 2. The Balaban J connectivity index is 2.29. The summed E-state index contributed by atoms with van der Waals surface area (Å²) in [4.78, 5) is 0. The molecule has 0 aliphatic carbocycles. The lowest BCUT2D eigenvalue weighted by molar-refractivity contribution is 0.238. The minimum atomic E-state index is -0.600. The minimum Gasteiger partial charge on any atom is -0.384 e. The standard InChI is InChI=1S/C18H21NO/c1-2-19-14-13-17(15-9-5-3-6-10-15)18(20)16-11-7-4-8-12-16/h3-13,18-20H,2,14H2,1H3. The number of aliphatic hydroxyl groups is 1. The van der Waals surface area contributed by atoms with Gasteiger partial charge in [-0.2, -0.15) is 0 Å². The van der Waals surface area contributed by atoms with E-state index in [-0.39, 0.29) is 0 Å². The van der Waals surface area contributed by atoms with E-state index in [1.165, 1.54) is 0 Å². The Hall–Kier alpha value is -1.90. The molecule has 0 aromatic heterocycles. The zero-order valence-corrected chi connectivity index (χ0v) is 11.8. The maximum Gasteiger partial charge on any atom is 0.104 e. The fourth-order valence-electron chi connectivity index (χ4n) is 2.16. The number of aliphatic hydroxyl groups excluding tert-OH is 1. The van der Waals surface area contributed by atoms with Crippen molar-refractivity contribution in [2.75, 3.05) is 13.1 Å². The van der Waals surface area contributed by atoms with Gasteiger partial charge in [-0.05, 0) is 23.2 Å². The van der Waals surface area contributed by atoms with E-state index in [2.05, 4.69) is 18.3 Å². The van der Waals surface area contributed by atoms with Crippen molar-refractivity contribution in [3.8, 4) is 0 Å². The van der Waals surface area contributed by atoms with Crippen LogP contribution in [0.5, 0.6) is 0 Å². The van der Waals surface area contributed by atoms with E-state index in [9.17, 15) is 5.11 Å². The molecule has 0 spiro atoms. The van der Waals surface area contributed by atoms with Crippen LogP contribution in [0, 0.1) is 0 Å². The number of likely N-dealkylation sites (N-methyl/N-ethyl adjacent to an activating group) is 1. The summed E-state index contributed by atoms with van der Waals surface area (Å²) in [5.41, 5.74) is 2.92. The van der Waals surface area contributed by atoms with Crippen LogP contribution in [-0.4, -0.2) is 18.2 Å². The molecule has 2 nitrogen and oxygen atoms in total. The highest BCUT2D eigenvalue weighted by atomic mass is 16.3. The third kappa shape index (κ3) is 3.80. The van der Waals surface area contributed by atoms with Crippen LogP contribution in [0.1, 0.15) is 24.2 Å². The molecule has 2 aromatic carbocycles. The summed E-state index contributed by atoms with van der Waals surface area (Å²) in [5, 5.41) is 13.9. The molecule has 104 valence electrons. The van der Waals surface area contributed by atoms with Crippen LogP contribution in [0.15, 0.2) is 66.7 Å². The van der Waals surface area contributed by atoms with Crippen molar-refractivity contribution in [2.45, 2.75) is 13.0 Å². The van der Waals surface area contributed by atoms with Crippen molar-refractivity contribution in [2.24, 2.45) is 0 Å². The SMILES string of the molecule is CCNCC=C(c1ccccc1)C(O)c1ccccc1. The second kappa shape index (κ2) is 7.63. The predicted molar refractivity (Wildman–Crippen MR) is 84.4 cm³/mol. The zero-order valence-electron chi connectivity index (χ0n) is 11.8. The molecule has 0 saturated heterocycles. The molecule has 1 unspecified atom stereocenters. The van der Waals surface area contributed by atoms with Crippen LogP contribution in [0.2, 0.25) is 0 Å². The van der Waals surface area contributed by atoms with Gasteiger partial charge < -0.3 is 10.4 Å². The monoisotopic (exact) mass is 267 g/mol. The average Bonchev–Trinajstić information content (AvgIpc) is 2.53. The molecule has 0 amide bonds. The lowest BCUT2D eigenvalue weighted by Crippen LogP contribution is -2.13. The molecule has 20 heavy (non-hydrogen) atoms. The van der Waals surface area contributed by atoms with Crippen molar-refractivity contribution < 1.29 is 5.11 Å². The highest BCUT2D eigenvalue weighted by Gasteiger charge is 2.14. The smallest absolute Gasteiger partial charge is 0.104 e. The maximum absolute atomic E-state index is 10.6. The summed E-state index contributed by atoms with van der Waals surface area (Å²) < 4.78 is 0. The van der Waals surface area contributed by atoms with Gasteiger partial charge in [-0.1, -0.05) is 73.7 Å². The quantitative estimate of drug-likeness (QED) is 0.786. The van der Waals surface area contributed by atoms with Crippen LogP contribution in [0.4, 0.5) is 0 Å². The van der Waals surface area contributed by atoms with Crippen LogP contribution < -0.4 is 5.32 Å². The Bertz CT molecular complexity index is 534. The maximum atomic E-state index is 10.6. The van der Waals surface area contributed by atoms with Crippen molar-refractivity contribution in [1.82, 2.24) is 5.32 Å². The average molecular weight is 267 g/mol. The van der Waals surface area contributed by atoms with E-state index < -0.39 is 6.10 Å². The highest BCUT2D eigenvalue weighted by Crippen LogP contribution is 2.29. The van der Waals surface area contributed by atoms with Crippen LogP contribution >= 0.6 is 0 Å². The second-order valence-corrected chi connectivity index (χ2v) is 4.65. The first-order valence-electron chi connectivity index (χ1n) is 7.02. The summed E-state index contributed by atoms with van der Waals surface area (Å²) in [7, 11) is 0. The van der Waals surface area contributed by atoms with Crippen molar-refractivity contribution in [3.63, 3.8) is 0 Å². The van der Waals surface area contributed by atoms with Gasteiger partial charge in [0.1, 0.15) is 6.10 Å². The van der Waals surface area contributed by atoms with E-state index in [0.717, 1.165) is 29.8 Å². The van der Waals surface area contributed by atoms with Gasteiger partial charge in [0, 0.05) is 6.54 Å². The summed E-state index contributed by atoms with van der Waals surface area (Å²) in [6, 6.07) is 19.8. The Morgan fingerprint density at radius 3 is 2.25 bits per heavy atom. The second-order valence-electron chi connectivity index (χ2n) is 4.65. The normalized spacial score (nSPS) is 13.2. The van der Waals surface area contributed by atoms with Crippen LogP contribution in [0.3, 0.4) is 0 Å². The van der Waals surface area contributed by atoms with Gasteiger partial charge in [0.25, 0.3) is 0 Å². The van der Waals surface area contributed by atoms with Crippen LogP contribution in [-0.2, 0) is 0 Å². The molecule has 0 fully saturated rings. The molecule has 2 heteroatoms. The largest absolute Gasteiger partial charge is 0.384 e. The predicted octanol–water partition coefficient (Wildman–Crippen LogP) is 3.41. The Morgan fingerprint density at radius 2 is 1.65 bits per heavy atom. The number of nitrogens with one attached hydrogen (secondary N) is 1. The molecular formula is C18H21NO. The molecular weight excluding hydrogens is 246 g/mol. The van der Waals surface area contributed by atoms with Gasteiger partial charge in [0.15, 0.2) is 0 Å². The lowest BCUT2D eigenvalue weighted by atomic mass is 9.95. The summed E-state index contributed by atoms with van der Waals surface area (Å²) in [5.74, 6) is 0. The van der Waals surface area contributed by atoms with E-state index in [0.29, 0.717) is 0 Å². The fraction of sp³-hybridized carbons (Fsp3) is 0.222. The van der Waals surface area contributed by atoms with Gasteiger partial charge >= 0.3 is 0 Å². The fourth-order valence-corrected chi connectivity index (χ4v) is 2.16. The molecule has 0 bridgehead atoms. The molecule has 0 aliphatic rings. The van der Waals surface area contributed by atoms with Gasteiger partial charge in [0.2, 0.25) is 0 Å². The summed E-state index contributed by atoms with van der Waals surface area (Å²) in [6.45, 7) is 3.74. The Labute approximate surface area is 120 Å². The summed E-state index contributed by atoms with van der Waals surface area (Å²) in [6.07, 6.45) is 1.47. The van der Waals surface area contributed by atoms with E-state index in [4.69, 9.17) is 0 Å². The zero-order chi connectivity index (χ0) is 14.2. The van der Waals surface area contributed by atoms with Gasteiger partial charge in [0.05, 0.1) is 0 Å². The Morgan fingerprint density at radius 1 is 1.05 bits per heavy atom. The molecule has 0 radical (unpaired) electrons. The minimum absolute atomic E-state index is 0.600. The molecule has 0 aliphatic heterocycles. The van der Waals surface area contributed by atoms with Gasteiger partial charge in [-0.3, -0.25) is 0 Å². The first kappa shape index (κ1) is 14.5. The molecule has 0 saturated carbocycles. The third-order valence-corrected chi connectivity index (χ3v) is 3.23.